The van der Waals surface area contributed by atoms with Crippen LogP contribution in [0, 0.1) is 0 Å². The van der Waals surface area contributed by atoms with Gasteiger partial charge in [0.05, 0.1) is 13.2 Å². The van der Waals surface area contributed by atoms with E-state index in [2.05, 4.69) is 20.9 Å². The Bertz CT molecular complexity index is 508. The molecule has 0 bridgehead atoms. The first kappa shape index (κ1) is 11.4. The monoisotopic (exact) mass is 284 g/mol. The molecule has 0 amide bonds. The maximum atomic E-state index is 9.40. The molecule has 0 aliphatic heterocycles. The van der Waals surface area contributed by atoms with Crippen LogP contribution in [0.25, 0.3) is 5.52 Å². The molecule has 0 saturated carbocycles. The van der Waals surface area contributed by atoms with Crippen LogP contribution in [-0.2, 0) is 6.42 Å². The average molecular weight is 285 g/mol. The van der Waals surface area contributed by atoms with Gasteiger partial charge in [0.15, 0.2) is 0 Å². The van der Waals surface area contributed by atoms with Crippen molar-refractivity contribution in [2.45, 2.75) is 19.4 Å². The lowest BCUT2D eigenvalue weighted by atomic mass is 10.3. The zero-order valence-electron chi connectivity index (χ0n) is 9.14. The number of aromatic nitrogens is 2. The molecule has 4 nitrogen and oxygen atoms in total. The molecule has 0 spiro atoms. The molecule has 2 rings (SSSR count). The van der Waals surface area contributed by atoms with Gasteiger partial charge in [-0.3, -0.25) is 4.40 Å². The van der Waals surface area contributed by atoms with Crippen molar-refractivity contribution < 1.29 is 9.84 Å². The second-order valence-electron chi connectivity index (χ2n) is 3.67. The maximum absolute atomic E-state index is 9.40. The number of pyridine rings is 1. The van der Waals surface area contributed by atoms with Crippen LogP contribution < -0.4 is 4.74 Å². The van der Waals surface area contributed by atoms with Gasteiger partial charge in [0, 0.05) is 12.6 Å². The third-order valence-electron chi connectivity index (χ3n) is 2.36. The molecule has 0 aliphatic carbocycles. The summed E-state index contributed by atoms with van der Waals surface area (Å²) in [6.07, 6.45) is 2.01. The van der Waals surface area contributed by atoms with Crippen molar-refractivity contribution in [3.05, 3.63) is 28.8 Å². The number of fused-ring (bicyclic) bond motifs is 1. The molecule has 2 aromatic heterocycles. The summed E-state index contributed by atoms with van der Waals surface area (Å²) in [6, 6.07) is 3.78. The maximum Gasteiger partial charge on any atom is 0.145 e. The van der Waals surface area contributed by atoms with Crippen molar-refractivity contribution in [3.63, 3.8) is 0 Å². The minimum atomic E-state index is -0.413. The van der Waals surface area contributed by atoms with E-state index >= 15 is 0 Å². The average Bonchev–Trinajstić information content (AvgIpc) is 2.55. The first-order valence-corrected chi connectivity index (χ1v) is 5.80. The fourth-order valence-corrected chi connectivity index (χ4v) is 2.29. The molecule has 86 valence electrons. The molecule has 0 radical (unpaired) electrons. The van der Waals surface area contributed by atoms with Gasteiger partial charge in [0.1, 0.15) is 21.7 Å². The number of aliphatic hydroxyl groups excluding tert-OH is 1. The summed E-state index contributed by atoms with van der Waals surface area (Å²) in [6.45, 7) is 1.75. The zero-order valence-corrected chi connectivity index (χ0v) is 10.7. The van der Waals surface area contributed by atoms with Gasteiger partial charge in [-0.2, -0.15) is 0 Å². The Morgan fingerprint density at radius 2 is 2.38 bits per heavy atom. The highest BCUT2D eigenvalue weighted by atomic mass is 79.9. The second-order valence-corrected chi connectivity index (χ2v) is 4.42. The first-order valence-electron chi connectivity index (χ1n) is 5.01. The third-order valence-corrected chi connectivity index (χ3v) is 2.91. The Kier molecular flexibility index (Phi) is 3.16. The van der Waals surface area contributed by atoms with Crippen LogP contribution in [0.5, 0.6) is 5.75 Å². The number of aliphatic hydroxyl groups is 1. The number of hydrogen-bond donors (Lipinski definition) is 1. The number of hydrogen-bond acceptors (Lipinski definition) is 3. The minimum absolute atomic E-state index is 0.413. The van der Waals surface area contributed by atoms with Gasteiger partial charge in [-0.05, 0) is 35.0 Å². The van der Waals surface area contributed by atoms with Crippen molar-refractivity contribution in [2.75, 3.05) is 7.11 Å². The number of methoxy groups -OCH3 is 1. The molecule has 2 heterocycles. The summed E-state index contributed by atoms with van der Waals surface area (Å²) in [5, 5.41) is 9.40. The number of imidazole rings is 1. The molecule has 1 unspecified atom stereocenters. The Balaban J connectivity index is 2.62. The zero-order chi connectivity index (χ0) is 11.7. The molecule has 0 aliphatic rings. The van der Waals surface area contributed by atoms with Crippen LogP contribution in [0.4, 0.5) is 0 Å². The predicted molar refractivity (Wildman–Crippen MR) is 64.8 cm³/mol. The van der Waals surface area contributed by atoms with Gasteiger partial charge in [0.2, 0.25) is 0 Å². The Hall–Kier alpha value is -1.07. The number of halogens is 1. The normalized spacial score (nSPS) is 13.0. The fourth-order valence-electron chi connectivity index (χ4n) is 1.70. The van der Waals surface area contributed by atoms with E-state index in [1.54, 1.807) is 14.0 Å². The molecular weight excluding hydrogens is 272 g/mol. The quantitative estimate of drug-likeness (QED) is 0.938. The smallest absolute Gasteiger partial charge is 0.145 e. The lowest BCUT2D eigenvalue weighted by Crippen LogP contribution is -2.07. The summed E-state index contributed by atoms with van der Waals surface area (Å²) in [5.74, 6) is 1.58. The van der Waals surface area contributed by atoms with Crippen LogP contribution in [0.1, 0.15) is 12.7 Å². The number of rotatable bonds is 3. The highest BCUT2D eigenvalue weighted by Gasteiger charge is 2.14. The van der Waals surface area contributed by atoms with Crippen LogP contribution in [0.2, 0.25) is 0 Å². The van der Waals surface area contributed by atoms with Crippen LogP contribution >= 0.6 is 15.9 Å². The lowest BCUT2D eigenvalue weighted by Gasteiger charge is -2.05. The number of ether oxygens (including phenoxy) is 1. The lowest BCUT2D eigenvalue weighted by molar-refractivity contribution is 0.192. The van der Waals surface area contributed by atoms with E-state index in [0.29, 0.717) is 6.42 Å². The van der Waals surface area contributed by atoms with Crippen LogP contribution in [0.15, 0.2) is 22.9 Å². The van der Waals surface area contributed by atoms with Crippen molar-refractivity contribution in [1.29, 1.82) is 0 Å². The molecule has 5 heteroatoms. The van der Waals surface area contributed by atoms with Crippen molar-refractivity contribution in [1.82, 2.24) is 9.38 Å². The SMILES string of the molecule is COc1cccn2c(CC(C)O)nc(Br)c12. The summed E-state index contributed by atoms with van der Waals surface area (Å²) >= 11 is 3.41. The largest absolute Gasteiger partial charge is 0.494 e. The van der Waals surface area contributed by atoms with E-state index < -0.39 is 6.10 Å². The molecule has 0 aromatic carbocycles. The van der Waals surface area contributed by atoms with E-state index in [4.69, 9.17) is 4.74 Å². The minimum Gasteiger partial charge on any atom is -0.494 e. The topological polar surface area (TPSA) is 46.8 Å². The van der Waals surface area contributed by atoms with E-state index in [-0.39, 0.29) is 0 Å². The van der Waals surface area contributed by atoms with E-state index in [9.17, 15) is 5.11 Å². The van der Waals surface area contributed by atoms with Crippen molar-refractivity contribution in [3.8, 4) is 5.75 Å². The molecule has 2 aromatic rings. The second kappa shape index (κ2) is 4.43. The highest BCUT2D eigenvalue weighted by Crippen LogP contribution is 2.28. The van der Waals surface area contributed by atoms with E-state index in [0.717, 1.165) is 21.7 Å². The van der Waals surface area contributed by atoms with Gasteiger partial charge in [-0.15, -0.1) is 0 Å². The summed E-state index contributed by atoms with van der Waals surface area (Å²) in [4.78, 5) is 4.38. The third kappa shape index (κ3) is 1.92. The van der Waals surface area contributed by atoms with E-state index in [1.807, 2.05) is 22.7 Å². The highest BCUT2D eigenvalue weighted by molar-refractivity contribution is 9.10. The van der Waals surface area contributed by atoms with Crippen molar-refractivity contribution in [2.24, 2.45) is 0 Å². The Morgan fingerprint density at radius 3 is 3.00 bits per heavy atom. The van der Waals surface area contributed by atoms with Crippen molar-refractivity contribution >= 4 is 21.4 Å². The first-order chi connectivity index (χ1) is 7.63. The molecule has 1 atom stereocenters. The Labute approximate surface area is 102 Å². The summed E-state index contributed by atoms with van der Waals surface area (Å²) in [7, 11) is 1.63. The van der Waals surface area contributed by atoms with Gasteiger partial charge in [-0.25, -0.2) is 4.98 Å². The van der Waals surface area contributed by atoms with Crippen LogP contribution in [0.3, 0.4) is 0 Å². The standard InChI is InChI=1S/C11H13BrN2O2/c1-7(15)6-9-13-11(12)10-8(16-2)4-3-5-14(9)10/h3-5,7,15H,6H2,1-2H3. The van der Waals surface area contributed by atoms with Gasteiger partial charge in [-0.1, -0.05) is 0 Å². The van der Waals surface area contributed by atoms with Crippen LogP contribution in [-0.4, -0.2) is 27.7 Å². The van der Waals surface area contributed by atoms with Gasteiger partial charge >= 0.3 is 0 Å². The molecule has 0 fully saturated rings. The Morgan fingerprint density at radius 1 is 1.62 bits per heavy atom. The summed E-state index contributed by atoms with van der Waals surface area (Å²) < 4.78 is 7.94. The van der Waals surface area contributed by atoms with E-state index in [1.165, 1.54) is 0 Å². The summed E-state index contributed by atoms with van der Waals surface area (Å²) in [5.41, 5.74) is 0.889. The van der Waals surface area contributed by atoms with Gasteiger partial charge in [0.25, 0.3) is 0 Å². The molecule has 16 heavy (non-hydrogen) atoms. The number of nitrogens with zero attached hydrogens (tertiary/aromatic N) is 2. The fraction of sp³-hybridized carbons (Fsp3) is 0.364. The molecular formula is C11H13BrN2O2. The van der Waals surface area contributed by atoms with Gasteiger partial charge < -0.3 is 9.84 Å². The predicted octanol–water partition coefficient (Wildman–Crippen LogP) is 2.03. The molecule has 0 saturated heterocycles. The molecule has 1 N–H and O–H groups in total.